The van der Waals surface area contributed by atoms with E-state index < -0.39 is 0 Å². The van der Waals surface area contributed by atoms with Gasteiger partial charge in [0.15, 0.2) is 0 Å². The highest BCUT2D eigenvalue weighted by molar-refractivity contribution is 6.30. The Morgan fingerprint density at radius 1 is 1.22 bits per heavy atom. The van der Waals surface area contributed by atoms with Crippen molar-refractivity contribution in [3.63, 3.8) is 0 Å². The maximum absolute atomic E-state index is 6.15. The molecule has 18 heavy (non-hydrogen) atoms. The smallest absolute Gasteiger partial charge is 0.137 e. The van der Waals surface area contributed by atoms with Gasteiger partial charge in [0, 0.05) is 11.6 Å². The van der Waals surface area contributed by atoms with Gasteiger partial charge < -0.3 is 5.32 Å². The summed E-state index contributed by atoms with van der Waals surface area (Å²) >= 11 is 6.15. The molecular formula is C14H24ClN3. The van der Waals surface area contributed by atoms with E-state index in [1.165, 1.54) is 19.2 Å². The van der Waals surface area contributed by atoms with E-state index >= 15 is 0 Å². The normalized spacial score (nSPS) is 12.8. The van der Waals surface area contributed by atoms with Gasteiger partial charge >= 0.3 is 0 Å². The number of hydrogen-bond acceptors (Lipinski definition) is 3. The first-order valence-corrected chi connectivity index (χ1v) is 7.27. The second-order valence-corrected chi connectivity index (χ2v) is 5.11. The number of anilines is 1. The quantitative estimate of drug-likeness (QED) is 0.749. The van der Waals surface area contributed by atoms with E-state index in [4.69, 9.17) is 11.6 Å². The van der Waals surface area contributed by atoms with Gasteiger partial charge in [-0.15, -0.1) is 0 Å². The minimum Gasteiger partial charge on any atom is -0.367 e. The number of nitrogens with zero attached hydrogens (tertiary/aromatic N) is 2. The molecule has 0 aromatic carbocycles. The summed E-state index contributed by atoms with van der Waals surface area (Å²) in [5.41, 5.74) is 1.04. The largest absolute Gasteiger partial charge is 0.367 e. The van der Waals surface area contributed by atoms with Crippen LogP contribution in [0.4, 0.5) is 5.82 Å². The summed E-state index contributed by atoms with van der Waals surface area (Å²) in [6.07, 6.45) is 5.83. The first kappa shape index (κ1) is 15.2. The molecule has 0 saturated heterocycles. The first-order valence-electron chi connectivity index (χ1n) is 6.89. The van der Waals surface area contributed by atoms with Gasteiger partial charge in [-0.05, 0) is 19.3 Å². The van der Waals surface area contributed by atoms with E-state index in [0.717, 1.165) is 24.2 Å². The van der Waals surface area contributed by atoms with Gasteiger partial charge in [-0.1, -0.05) is 51.6 Å². The van der Waals surface area contributed by atoms with E-state index in [1.807, 2.05) is 0 Å². The van der Waals surface area contributed by atoms with Crippen molar-refractivity contribution in [1.29, 1.82) is 0 Å². The van der Waals surface area contributed by atoms with Crippen molar-refractivity contribution in [1.82, 2.24) is 9.97 Å². The van der Waals surface area contributed by atoms with E-state index in [9.17, 15) is 0 Å². The lowest BCUT2D eigenvalue weighted by Crippen LogP contribution is -2.26. The lowest BCUT2D eigenvalue weighted by molar-refractivity contribution is 0.436. The second kappa shape index (κ2) is 7.57. The van der Waals surface area contributed by atoms with Crippen LogP contribution in [0.3, 0.4) is 0 Å². The third-order valence-corrected chi connectivity index (χ3v) is 3.84. The Labute approximate surface area is 115 Å². The average molecular weight is 270 g/mol. The fraction of sp³-hybridized carbons (Fsp3) is 0.714. The molecule has 1 N–H and O–H groups in total. The molecule has 0 amide bonds. The van der Waals surface area contributed by atoms with Crippen LogP contribution in [0.2, 0.25) is 5.15 Å². The average Bonchev–Trinajstić information content (AvgIpc) is 2.35. The van der Waals surface area contributed by atoms with Crippen LogP contribution in [-0.4, -0.2) is 16.0 Å². The van der Waals surface area contributed by atoms with Crippen LogP contribution in [0.1, 0.15) is 52.5 Å². The molecule has 0 aliphatic carbocycles. The Balaban J connectivity index is 2.86. The van der Waals surface area contributed by atoms with Crippen LogP contribution in [0, 0.1) is 5.92 Å². The molecule has 0 bridgehead atoms. The third kappa shape index (κ3) is 3.84. The molecule has 0 radical (unpaired) electrons. The highest BCUT2D eigenvalue weighted by Crippen LogP contribution is 2.24. The van der Waals surface area contributed by atoms with E-state index in [1.54, 1.807) is 0 Å². The lowest BCUT2D eigenvalue weighted by atomic mass is 9.95. The van der Waals surface area contributed by atoms with Crippen LogP contribution >= 0.6 is 11.6 Å². The molecule has 0 fully saturated rings. The maximum Gasteiger partial charge on any atom is 0.137 e. The Kier molecular flexibility index (Phi) is 6.41. The van der Waals surface area contributed by atoms with Crippen molar-refractivity contribution in [3.05, 3.63) is 17.0 Å². The van der Waals surface area contributed by atoms with Crippen molar-refractivity contribution in [3.8, 4) is 0 Å². The van der Waals surface area contributed by atoms with Crippen LogP contribution in [0.25, 0.3) is 0 Å². The summed E-state index contributed by atoms with van der Waals surface area (Å²) in [4.78, 5) is 8.41. The molecule has 1 atom stereocenters. The van der Waals surface area contributed by atoms with Crippen molar-refractivity contribution in [2.24, 2.45) is 5.92 Å². The number of rotatable bonds is 7. The van der Waals surface area contributed by atoms with Gasteiger partial charge in [0.2, 0.25) is 0 Å². The monoisotopic (exact) mass is 269 g/mol. The highest BCUT2D eigenvalue weighted by atomic mass is 35.5. The van der Waals surface area contributed by atoms with Gasteiger partial charge in [0.1, 0.15) is 17.3 Å². The fourth-order valence-electron chi connectivity index (χ4n) is 2.32. The summed E-state index contributed by atoms with van der Waals surface area (Å²) in [7, 11) is 0. The van der Waals surface area contributed by atoms with Gasteiger partial charge in [-0.25, -0.2) is 9.97 Å². The predicted molar refractivity (Wildman–Crippen MR) is 78.2 cm³/mol. The molecular weight excluding hydrogens is 246 g/mol. The van der Waals surface area contributed by atoms with Gasteiger partial charge in [0.05, 0.1) is 0 Å². The molecule has 1 unspecified atom stereocenters. The van der Waals surface area contributed by atoms with E-state index in [0.29, 0.717) is 17.1 Å². The van der Waals surface area contributed by atoms with Crippen molar-refractivity contribution < 1.29 is 0 Å². The van der Waals surface area contributed by atoms with Crippen LogP contribution in [0.5, 0.6) is 0 Å². The van der Waals surface area contributed by atoms with Gasteiger partial charge in [-0.2, -0.15) is 0 Å². The zero-order valence-electron chi connectivity index (χ0n) is 11.8. The van der Waals surface area contributed by atoms with Crippen LogP contribution < -0.4 is 5.32 Å². The SMILES string of the molecule is CCCc1c(Cl)ncnc1NC(C)C(CC)CC. The molecule has 0 saturated carbocycles. The van der Waals surface area contributed by atoms with Crippen molar-refractivity contribution >= 4 is 17.4 Å². The number of hydrogen-bond donors (Lipinski definition) is 1. The van der Waals surface area contributed by atoms with E-state index in [-0.39, 0.29) is 0 Å². The van der Waals surface area contributed by atoms with Crippen LogP contribution in [-0.2, 0) is 6.42 Å². The number of nitrogens with one attached hydrogen (secondary N) is 1. The van der Waals surface area contributed by atoms with Crippen LogP contribution in [0.15, 0.2) is 6.33 Å². The zero-order chi connectivity index (χ0) is 13.5. The first-order chi connectivity index (χ1) is 8.63. The lowest BCUT2D eigenvalue weighted by Gasteiger charge is -2.24. The molecule has 102 valence electrons. The molecule has 0 spiro atoms. The van der Waals surface area contributed by atoms with E-state index in [2.05, 4.69) is 43.0 Å². The molecule has 1 rings (SSSR count). The summed E-state index contributed by atoms with van der Waals surface area (Å²) < 4.78 is 0. The fourth-order valence-corrected chi connectivity index (χ4v) is 2.54. The Morgan fingerprint density at radius 3 is 2.44 bits per heavy atom. The topological polar surface area (TPSA) is 37.8 Å². The minimum absolute atomic E-state index is 0.404. The minimum atomic E-state index is 0.404. The van der Waals surface area contributed by atoms with Crippen molar-refractivity contribution in [2.45, 2.75) is 59.4 Å². The zero-order valence-corrected chi connectivity index (χ0v) is 12.6. The maximum atomic E-state index is 6.15. The third-order valence-electron chi connectivity index (χ3n) is 3.51. The standard InChI is InChI=1S/C14H24ClN3/c1-5-8-12-13(15)16-9-17-14(12)18-10(4)11(6-2)7-3/h9-11H,5-8H2,1-4H3,(H,16,17,18). The molecule has 0 aliphatic rings. The Morgan fingerprint density at radius 2 is 1.89 bits per heavy atom. The molecule has 4 heteroatoms. The molecule has 0 aliphatic heterocycles. The molecule has 1 heterocycles. The Bertz CT molecular complexity index is 364. The summed E-state index contributed by atoms with van der Waals surface area (Å²) in [5, 5.41) is 4.08. The molecule has 1 aromatic heterocycles. The Hall–Kier alpha value is -0.830. The van der Waals surface area contributed by atoms with Gasteiger partial charge in [-0.3, -0.25) is 0 Å². The van der Waals surface area contributed by atoms with Crippen molar-refractivity contribution in [2.75, 3.05) is 5.32 Å². The predicted octanol–water partition coefficient (Wildman–Crippen LogP) is 4.32. The molecule has 3 nitrogen and oxygen atoms in total. The second-order valence-electron chi connectivity index (χ2n) is 4.75. The molecule has 1 aromatic rings. The summed E-state index contributed by atoms with van der Waals surface area (Å²) in [6.45, 7) is 8.80. The van der Waals surface area contributed by atoms with Gasteiger partial charge in [0.25, 0.3) is 0 Å². The number of aromatic nitrogens is 2. The summed E-state index contributed by atoms with van der Waals surface area (Å²) in [5.74, 6) is 1.56. The summed E-state index contributed by atoms with van der Waals surface area (Å²) in [6, 6.07) is 0.404. The highest BCUT2D eigenvalue weighted by Gasteiger charge is 2.16. The number of halogens is 1.